The predicted octanol–water partition coefficient (Wildman–Crippen LogP) is 3.32. The highest BCUT2D eigenvalue weighted by atomic mass is 35.5. The minimum absolute atomic E-state index is 0.241. The molecule has 0 aliphatic rings. The van der Waals surface area contributed by atoms with Crippen molar-refractivity contribution < 1.29 is 14.3 Å². The average Bonchev–Trinajstić information content (AvgIpc) is 2.64. The van der Waals surface area contributed by atoms with Crippen LogP contribution >= 0.6 is 35.4 Å². The Bertz CT molecular complexity index is 777. The van der Waals surface area contributed by atoms with Crippen molar-refractivity contribution >= 4 is 46.4 Å². The first-order valence-electron chi connectivity index (χ1n) is 7.44. The summed E-state index contributed by atoms with van der Waals surface area (Å²) >= 11 is 17.2. The Morgan fingerprint density at radius 3 is 2.19 bits per heavy atom. The molecule has 138 valence electrons. The first-order chi connectivity index (χ1) is 12.4. The number of hydrogen-bond donors (Lipinski definition) is 3. The van der Waals surface area contributed by atoms with Crippen LogP contribution in [0.3, 0.4) is 0 Å². The molecule has 1 amide bonds. The fraction of sp³-hybridized carbons (Fsp3) is 0.176. The van der Waals surface area contributed by atoms with Gasteiger partial charge in [0.1, 0.15) is 5.75 Å². The van der Waals surface area contributed by atoms with Gasteiger partial charge in [-0.2, -0.15) is 0 Å². The summed E-state index contributed by atoms with van der Waals surface area (Å²) in [5.41, 5.74) is 6.37. The van der Waals surface area contributed by atoms with Crippen LogP contribution in [-0.2, 0) is 6.54 Å². The van der Waals surface area contributed by atoms with E-state index in [2.05, 4.69) is 16.2 Å². The maximum atomic E-state index is 12.2. The van der Waals surface area contributed by atoms with Crippen molar-refractivity contribution in [1.82, 2.24) is 16.2 Å². The molecular formula is C17H17Cl2N3O3S. The Morgan fingerprint density at radius 2 is 1.65 bits per heavy atom. The Hall–Kier alpha value is -2.22. The number of rotatable bonds is 5. The van der Waals surface area contributed by atoms with Gasteiger partial charge in [0.2, 0.25) is 0 Å². The number of halogens is 2. The Morgan fingerprint density at radius 1 is 1.04 bits per heavy atom. The van der Waals surface area contributed by atoms with Crippen molar-refractivity contribution in [3.63, 3.8) is 0 Å². The molecule has 0 saturated carbocycles. The summed E-state index contributed by atoms with van der Waals surface area (Å²) in [6.07, 6.45) is 0. The SMILES string of the molecule is COc1ccc(CNC(=S)NNC(=O)c2cc(Cl)c(OC)c(Cl)c2)cc1. The highest BCUT2D eigenvalue weighted by Crippen LogP contribution is 2.33. The van der Waals surface area contributed by atoms with Gasteiger partial charge in [-0.3, -0.25) is 15.6 Å². The summed E-state index contributed by atoms with van der Waals surface area (Å²) in [6.45, 7) is 0.492. The van der Waals surface area contributed by atoms with E-state index in [9.17, 15) is 4.79 Å². The molecule has 2 aromatic carbocycles. The molecule has 0 atom stereocenters. The van der Waals surface area contributed by atoms with Gasteiger partial charge in [-0.05, 0) is 42.0 Å². The molecule has 0 aromatic heterocycles. The van der Waals surface area contributed by atoms with Crippen molar-refractivity contribution in [2.24, 2.45) is 0 Å². The standard InChI is InChI=1S/C17H17Cl2N3O3S/c1-24-12-5-3-10(4-6-12)9-20-17(26)22-21-16(23)11-7-13(18)15(25-2)14(19)8-11/h3-8H,9H2,1-2H3,(H,21,23)(H2,20,22,26). The summed E-state index contributed by atoms with van der Waals surface area (Å²) in [7, 11) is 3.06. The highest BCUT2D eigenvalue weighted by molar-refractivity contribution is 7.80. The number of methoxy groups -OCH3 is 2. The lowest BCUT2D eigenvalue weighted by Crippen LogP contribution is -2.46. The lowest BCUT2D eigenvalue weighted by molar-refractivity contribution is 0.0943. The van der Waals surface area contributed by atoms with Gasteiger partial charge in [0.15, 0.2) is 10.9 Å². The molecule has 0 unspecified atom stereocenters. The van der Waals surface area contributed by atoms with Crippen LogP contribution in [0.4, 0.5) is 0 Å². The van der Waals surface area contributed by atoms with Crippen molar-refractivity contribution in [2.75, 3.05) is 14.2 Å². The molecule has 9 heteroatoms. The van der Waals surface area contributed by atoms with Gasteiger partial charge in [0.05, 0.1) is 24.3 Å². The first-order valence-corrected chi connectivity index (χ1v) is 8.61. The summed E-state index contributed by atoms with van der Waals surface area (Å²) in [6, 6.07) is 10.4. The van der Waals surface area contributed by atoms with Crippen LogP contribution in [0.2, 0.25) is 10.0 Å². The minimum atomic E-state index is -0.440. The molecule has 2 rings (SSSR count). The molecule has 0 aliphatic carbocycles. The van der Waals surface area contributed by atoms with E-state index in [1.54, 1.807) is 7.11 Å². The summed E-state index contributed by atoms with van der Waals surface area (Å²) < 4.78 is 10.1. The largest absolute Gasteiger partial charge is 0.497 e. The van der Waals surface area contributed by atoms with Crippen LogP contribution in [0, 0.1) is 0 Å². The van der Waals surface area contributed by atoms with Gasteiger partial charge in [0.25, 0.3) is 5.91 Å². The first kappa shape index (κ1) is 20.1. The maximum absolute atomic E-state index is 12.2. The topological polar surface area (TPSA) is 71.6 Å². The summed E-state index contributed by atoms with van der Waals surface area (Å²) in [4.78, 5) is 12.2. The Labute approximate surface area is 166 Å². The zero-order valence-corrected chi connectivity index (χ0v) is 16.4. The van der Waals surface area contributed by atoms with E-state index in [1.165, 1.54) is 19.2 Å². The van der Waals surface area contributed by atoms with E-state index in [0.717, 1.165) is 11.3 Å². The van der Waals surface area contributed by atoms with Gasteiger partial charge in [-0.15, -0.1) is 0 Å². The normalized spacial score (nSPS) is 10.0. The number of ether oxygens (including phenoxy) is 2. The fourth-order valence-corrected chi connectivity index (χ4v) is 2.81. The third kappa shape index (κ3) is 5.39. The molecule has 0 spiro atoms. The van der Waals surface area contributed by atoms with Crippen molar-refractivity contribution in [3.8, 4) is 11.5 Å². The van der Waals surface area contributed by atoms with Crippen LogP contribution in [0.1, 0.15) is 15.9 Å². The van der Waals surface area contributed by atoms with E-state index in [1.807, 2.05) is 24.3 Å². The maximum Gasteiger partial charge on any atom is 0.269 e. The summed E-state index contributed by atoms with van der Waals surface area (Å²) in [5, 5.41) is 3.72. The second kappa shape index (κ2) is 9.47. The van der Waals surface area contributed by atoms with E-state index >= 15 is 0 Å². The number of carbonyl (C=O) groups excluding carboxylic acids is 1. The van der Waals surface area contributed by atoms with E-state index in [-0.39, 0.29) is 20.7 Å². The van der Waals surface area contributed by atoms with Gasteiger partial charge < -0.3 is 14.8 Å². The number of benzene rings is 2. The Kier molecular flexibility index (Phi) is 7.32. The molecule has 0 saturated heterocycles. The zero-order chi connectivity index (χ0) is 19.1. The molecule has 3 N–H and O–H groups in total. The number of nitrogens with one attached hydrogen (secondary N) is 3. The van der Waals surface area contributed by atoms with Crippen molar-refractivity contribution in [3.05, 3.63) is 57.6 Å². The second-order valence-corrected chi connectivity index (χ2v) is 6.31. The molecule has 26 heavy (non-hydrogen) atoms. The summed E-state index contributed by atoms with van der Waals surface area (Å²) in [5.74, 6) is 0.651. The van der Waals surface area contributed by atoms with Crippen molar-refractivity contribution in [1.29, 1.82) is 0 Å². The van der Waals surface area contributed by atoms with Crippen LogP contribution in [0.5, 0.6) is 11.5 Å². The molecule has 0 fully saturated rings. The molecule has 2 aromatic rings. The average molecular weight is 414 g/mol. The number of hydrazine groups is 1. The molecule has 0 heterocycles. The van der Waals surface area contributed by atoms with E-state index < -0.39 is 5.91 Å². The molecule has 0 bridgehead atoms. The van der Waals surface area contributed by atoms with Crippen LogP contribution in [0.25, 0.3) is 0 Å². The third-order valence-electron chi connectivity index (χ3n) is 3.37. The third-order valence-corrected chi connectivity index (χ3v) is 4.17. The highest BCUT2D eigenvalue weighted by Gasteiger charge is 2.13. The lowest BCUT2D eigenvalue weighted by atomic mass is 10.2. The molecule has 0 aliphatic heterocycles. The van der Waals surface area contributed by atoms with Crippen molar-refractivity contribution in [2.45, 2.75) is 6.54 Å². The molecular weight excluding hydrogens is 397 g/mol. The van der Waals surface area contributed by atoms with Gasteiger partial charge in [-0.25, -0.2) is 0 Å². The van der Waals surface area contributed by atoms with E-state index in [4.69, 9.17) is 44.9 Å². The molecule has 0 radical (unpaired) electrons. The zero-order valence-electron chi connectivity index (χ0n) is 14.1. The van der Waals surface area contributed by atoms with Gasteiger partial charge >= 0.3 is 0 Å². The number of thiocarbonyl (C=S) groups is 1. The predicted molar refractivity (Wildman–Crippen MR) is 106 cm³/mol. The van der Waals surface area contributed by atoms with Gasteiger partial charge in [-0.1, -0.05) is 35.3 Å². The second-order valence-electron chi connectivity index (χ2n) is 5.08. The number of amides is 1. The van der Waals surface area contributed by atoms with E-state index in [0.29, 0.717) is 12.3 Å². The van der Waals surface area contributed by atoms with Gasteiger partial charge in [0, 0.05) is 12.1 Å². The quantitative estimate of drug-likeness (QED) is 0.515. The van der Waals surface area contributed by atoms with Crippen LogP contribution in [-0.4, -0.2) is 25.2 Å². The van der Waals surface area contributed by atoms with Crippen LogP contribution < -0.4 is 25.6 Å². The minimum Gasteiger partial charge on any atom is -0.497 e. The van der Waals surface area contributed by atoms with Crippen LogP contribution in [0.15, 0.2) is 36.4 Å². The number of carbonyl (C=O) groups is 1. The number of hydrogen-bond acceptors (Lipinski definition) is 4. The molecule has 6 nitrogen and oxygen atoms in total. The Balaban J connectivity index is 1.85. The smallest absolute Gasteiger partial charge is 0.269 e. The fourth-order valence-electron chi connectivity index (χ4n) is 2.04. The lowest BCUT2D eigenvalue weighted by Gasteiger charge is -2.13. The monoisotopic (exact) mass is 413 g/mol.